The van der Waals surface area contributed by atoms with E-state index in [0.717, 1.165) is 24.2 Å². The lowest BCUT2D eigenvalue weighted by atomic mass is 9.89. The Hall–Kier alpha value is 1.00. The van der Waals surface area contributed by atoms with Crippen molar-refractivity contribution >= 4 is 49.6 Å². The first-order chi connectivity index (χ1) is 9.93. The van der Waals surface area contributed by atoms with Crippen LogP contribution in [0.1, 0.15) is 51.4 Å². The second-order valence-corrected chi connectivity index (χ2v) is 6.81. The van der Waals surface area contributed by atoms with Crippen LogP contribution in [-0.4, -0.2) is 50.3 Å². The van der Waals surface area contributed by atoms with Gasteiger partial charge in [-0.15, -0.1) is 49.6 Å². The van der Waals surface area contributed by atoms with Crippen molar-refractivity contribution in [3.8, 4) is 0 Å². The zero-order valence-electron chi connectivity index (χ0n) is 14.4. The van der Waals surface area contributed by atoms with Crippen molar-refractivity contribution in [3.63, 3.8) is 0 Å². The zero-order chi connectivity index (χ0) is 13.6. The Morgan fingerprint density at radius 1 is 0.375 bits per heavy atom. The average molecular weight is 426 g/mol. The highest BCUT2D eigenvalue weighted by Crippen LogP contribution is 2.20. The van der Waals surface area contributed by atoms with Crippen LogP contribution in [0.25, 0.3) is 0 Å². The lowest BCUT2D eigenvalue weighted by Gasteiger charge is -2.37. The van der Waals surface area contributed by atoms with Gasteiger partial charge in [-0.2, -0.15) is 0 Å². The Morgan fingerprint density at radius 3 is 0.792 bits per heavy atom. The molecule has 4 fully saturated rings. The Bertz CT molecular complexity index is 219. The third-order valence-corrected chi connectivity index (χ3v) is 5.41. The SMILES string of the molecule is C1CC[C@H]2NCCN[C@H]2C1.C1CC[C@H]2NCCN[C@H]2C1.Cl.Cl.Cl.Cl. The Morgan fingerprint density at radius 2 is 0.583 bits per heavy atom. The maximum atomic E-state index is 3.56. The van der Waals surface area contributed by atoms with E-state index in [1.54, 1.807) is 0 Å². The predicted molar refractivity (Wildman–Crippen MR) is 113 cm³/mol. The fraction of sp³-hybridized carbons (Fsp3) is 1.00. The Kier molecular flexibility index (Phi) is 17.1. The Balaban J connectivity index is 0. The molecule has 8 heteroatoms. The topological polar surface area (TPSA) is 48.1 Å². The van der Waals surface area contributed by atoms with E-state index in [4.69, 9.17) is 0 Å². The smallest absolute Gasteiger partial charge is 0.0221 e. The fourth-order valence-electron chi connectivity index (χ4n) is 4.27. The van der Waals surface area contributed by atoms with Crippen molar-refractivity contribution in [3.05, 3.63) is 0 Å². The molecule has 4 nitrogen and oxygen atoms in total. The molecule has 4 aliphatic rings. The van der Waals surface area contributed by atoms with Crippen molar-refractivity contribution in [2.24, 2.45) is 0 Å². The minimum absolute atomic E-state index is 0. The molecule has 148 valence electrons. The van der Waals surface area contributed by atoms with Gasteiger partial charge < -0.3 is 21.3 Å². The van der Waals surface area contributed by atoms with E-state index >= 15 is 0 Å². The normalized spacial score (nSPS) is 34.0. The van der Waals surface area contributed by atoms with Gasteiger partial charge >= 0.3 is 0 Å². The molecule has 2 heterocycles. The summed E-state index contributed by atoms with van der Waals surface area (Å²) in [4.78, 5) is 0. The van der Waals surface area contributed by atoms with Crippen LogP contribution in [-0.2, 0) is 0 Å². The highest BCUT2D eigenvalue weighted by atomic mass is 35.5. The van der Waals surface area contributed by atoms with Crippen LogP contribution in [0.3, 0.4) is 0 Å². The first-order valence-corrected chi connectivity index (χ1v) is 8.87. The molecule has 4 rings (SSSR count). The number of nitrogens with one attached hydrogen (secondary N) is 4. The van der Waals surface area contributed by atoms with Gasteiger partial charge in [-0.3, -0.25) is 0 Å². The molecule has 0 amide bonds. The standard InChI is InChI=1S/2C8H16N2.4ClH/c2*1-2-4-8-7(3-1)9-5-6-10-8;;;;/h2*7-10H,1-6H2;4*1H/t2*7-,8+;;;;. The summed E-state index contributed by atoms with van der Waals surface area (Å²) in [6.45, 7) is 4.67. The van der Waals surface area contributed by atoms with Gasteiger partial charge in [-0.05, 0) is 25.7 Å². The third kappa shape index (κ3) is 8.13. The summed E-state index contributed by atoms with van der Waals surface area (Å²) < 4.78 is 0. The van der Waals surface area contributed by atoms with Gasteiger partial charge in [0.2, 0.25) is 0 Å². The number of piperazine rings is 2. The largest absolute Gasteiger partial charge is 0.311 e. The van der Waals surface area contributed by atoms with E-state index in [9.17, 15) is 0 Å². The molecule has 0 aromatic rings. The molecule has 0 spiro atoms. The third-order valence-electron chi connectivity index (χ3n) is 5.41. The van der Waals surface area contributed by atoms with E-state index in [1.165, 1.54) is 77.5 Å². The number of halogens is 4. The monoisotopic (exact) mass is 424 g/mol. The fourth-order valence-corrected chi connectivity index (χ4v) is 4.27. The predicted octanol–water partition coefficient (Wildman–Crippen LogP) is 2.67. The first kappa shape index (κ1) is 27.2. The second kappa shape index (κ2) is 15.1. The van der Waals surface area contributed by atoms with Crippen LogP contribution in [0.2, 0.25) is 0 Å². The van der Waals surface area contributed by atoms with E-state index in [-0.39, 0.29) is 49.6 Å². The molecule has 2 saturated heterocycles. The van der Waals surface area contributed by atoms with Gasteiger partial charge in [0.15, 0.2) is 0 Å². The molecule has 2 aliphatic heterocycles. The molecule has 24 heavy (non-hydrogen) atoms. The molecule has 0 aromatic carbocycles. The van der Waals surface area contributed by atoms with Crippen LogP contribution in [0, 0.1) is 0 Å². The van der Waals surface area contributed by atoms with Crippen LogP contribution in [0.4, 0.5) is 0 Å². The van der Waals surface area contributed by atoms with Crippen molar-refractivity contribution in [2.45, 2.75) is 75.5 Å². The molecular weight excluding hydrogens is 390 g/mol. The molecule has 4 atom stereocenters. The first-order valence-electron chi connectivity index (χ1n) is 8.87. The van der Waals surface area contributed by atoms with E-state index in [2.05, 4.69) is 21.3 Å². The zero-order valence-corrected chi connectivity index (χ0v) is 17.7. The molecule has 2 aliphatic carbocycles. The summed E-state index contributed by atoms with van der Waals surface area (Å²) in [5.74, 6) is 0. The molecule has 2 saturated carbocycles. The molecular formula is C16H36Cl4N4. The number of fused-ring (bicyclic) bond motifs is 2. The van der Waals surface area contributed by atoms with E-state index in [0.29, 0.717) is 0 Å². The van der Waals surface area contributed by atoms with Gasteiger partial charge in [0.1, 0.15) is 0 Å². The van der Waals surface area contributed by atoms with Crippen LogP contribution >= 0.6 is 49.6 Å². The highest BCUT2D eigenvalue weighted by molar-refractivity contribution is 5.86. The number of hydrogen-bond acceptors (Lipinski definition) is 4. The highest BCUT2D eigenvalue weighted by Gasteiger charge is 2.27. The quantitative estimate of drug-likeness (QED) is 0.481. The summed E-state index contributed by atoms with van der Waals surface area (Å²) >= 11 is 0. The van der Waals surface area contributed by atoms with Gasteiger partial charge in [0.05, 0.1) is 0 Å². The summed E-state index contributed by atoms with van der Waals surface area (Å²) in [5, 5.41) is 14.2. The molecule has 0 aromatic heterocycles. The summed E-state index contributed by atoms with van der Waals surface area (Å²) in [5.41, 5.74) is 0. The van der Waals surface area contributed by atoms with Crippen molar-refractivity contribution < 1.29 is 0 Å². The summed E-state index contributed by atoms with van der Waals surface area (Å²) in [7, 11) is 0. The van der Waals surface area contributed by atoms with Gasteiger partial charge in [0, 0.05) is 50.3 Å². The molecule has 0 radical (unpaired) electrons. The van der Waals surface area contributed by atoms with Gasteiger partial charge in [-0.25, -0.2) is 0 Å². The van der Waals surface area contributed by atoms with Crippen molar-refractivity contribution in [2.75, 3.05) is 26.2 Å². The Labute approximate surface area is 172 Å². The maximum Gasteiger partial charge on any atom is 0.0221 e. The average Bonchev–Trinajstić information content (AvgIpc) is 2.56. The van der Waals surface area contributed by atoms with Crippen molar-refractivity contribution in [1.29, 1.82) is 0 Å². The summed E-state index contributed by atoms with van der Waals surface area (Å²) in [6, 6.07) is 3.18. The van der Waals surface area contributed by atoms with Crippen LogP contribution in [0.15, 0.2) is 0 Å². The summed E-state index contributed by atoms with van der Waals surface area (Å²) in [6.07, 6.45) is 11.3. The maximum absolute atomic E-state index is 3.56. The van der Waals surface area contributed by atoms with Crippen LogP contribution < -0.4 is 21.3 Å². The van der Waals surface area contributed by atoms with E-state index < -0.39 is 0 Å². The van der Waals surface area contributed by atoms with E-state index in [1.807, 2.05) is 0 Å². The molecule has 0 bridgehead atoms. The minimum Gasteiger partial charge on any atom is -0.311 e. The lowest BCUT2D eigenvalue weighted by Crippen LogP contribution is -2.56. The number of hydrogen-bond donors (Lipinski definition) is 4. The number of rotatable bonds is 0. The van der Waals surface area contributed by atoms with Gasteiger partial charge in [-0.1, -0.05) is 25.7 Å². The molecule has 4 N–H and O–H groups in total. The van der Waals surface area contributed by atoms with Gasteiger partial charge in [0.25, 0.3) is 0 Å². The lowest BCUT2D eigenvalue weighted by molar-refractivity contribution is 0.251. The van der Waals surface area contributed by atoms with Crippen molar-refractivity contribution in [1.82, 2.24) is 21.3 Å². The minimum atomic E-state index is 0. The molecule has 0 unspecified atom stereocenters. The second-order valence-electron chi connectivity index (χ2n) is 6.81. The van der Waals surface area contributed by atoms with Crippen LogP contribution in [0.5, 0.6) is 0 Å².